The molecule has 6 nitrogen and oxygen atoms in total. The summed E-state index contributed by atoms with van der Waals surface area (Å²) in [4.78, 5) is 32.5. The summed E-state index contributed by atoms with van der Waals surface area (Å²) in [5.41, 5.74) is 2.01. The first-order valence-electron chi connectivity index (χ1n) is 11.2. The zero-order valence-electron chi connectivity index (χ0n) is 18.0. The van der Waals surface area contributed by atoms with Crippen molar-refractivity contribution in [1.29, 1.82) is 0 Å². The minimum Gasteiger partial charge on any atom is -0.383 e. The average Bonchev–Trinajstić information content (AvgIpc) is 2.93. The zero-order chi connectivity index (χ0) is 21.0. The van der Waals surface area contributed by atoms with Gasteiger partial charge in [0.05, 0.1) is 18.6 Å². The molecule has 0 unspecified atom stereocenters. The number of methoxy groups -OCH3 is 1. The van der Waals surface area contributed by atoms with Crippen LogP contribution in [0.15, 0.2) is 36.4 Å². The number of aryl methyl sites for hydroxylation is 1. The Bertz CT molecular complexity index is 799. The number of rotatable bonds is 5. The summed E-state index contributed by atoms with van der Waals surface area (Å²) in [6, 6.07) is 8.24. The quantitative estimate of drug-likeness (QED) is 0.699. The fourth-order valence-corrected chi connectivity index (χ4v) is 5.04. The van der Waals surface area contributed by atoms with E-state index in [0.29, 0.717) is 26.2 Å². The predicted octanol–water partition coefficient (Wildman–Crippen LogP) is 2.48. The van der Waals surface area contributed by atoms with Crippen molar-refractivity contribution < 1.29 is 14.3 Å². The van der Waals surface area contributed by atoms with E-state index < -0.39 is 0 Å². The highest BCUT2D eigenvalue weighted by atomic mass is 16.5. The molecule has 162 valence electrons. The van der Waals surface area contributed by atoms with Gasteiger partial charge in [-0.25, -0.2) is 0 Å². The van der Waals surface area contributed by atoms with Gasteiger partial charge in [-0.15, -0.1) is 0 Å². The Kier molecular flexibility index (Phi) is 6.54. The number of para-hydroxylation sites is 1. The SMILES string of the molecule is COCCN1CC=CCC2(CCN(CC(=O)N3CCCc4ccccc43)CC2)C1=O. The van der Waals surface area contributed by atoms with Crippen LogP contribution in [-0.2, 0) is 20.7 Å². The molecule has 1 spiro atoms. The molecule has 3 aliphatic heterocycles. The monoisotopic (exact) mass is 411 g/mol. The first kappa shape index (κ1) is 21.1. The molecule has 0 bridgehead atoms. The van der Waals surface area contributed by atoms with E-state index in [0.717, 1.165) is 57.4 Å². The second-order valence-electron chi connectivity index (χ2n) is 8.75. The van der Waals surface area contributed by atoms with Gasteiger partial charge in [0.1, 0.15) is 0 Å². The lowest BCUT2D eigenvalue weighted by atomic mass is 9.74. The molecule has 0 aromatic heterocycles. The van der Waals surface area contributed by atoms with E-state index in [-0.39, 0.29) is 17.2 Å². The molecule has 0 atom stereocenters. The second kappa shape index (κ2) is 9.31. The van der Waals surface area contributed by atoms with Gasteiger partial charge in [-0.05, 0) is 56.8 Å². The lowest BCUT2D eigenvalue weighted by molar-refractivity contribution is -0.144. The molecule has 3 aliphatic rings. The highest BCUT2D eigenvalue weighted by Crippen LogP contribution is 2.39. The Morgan fingerprint density at radius 1 is 1.13 bits per heavy atom. The van der Waals surface area contributed by atoms with Crippen LogP contribution in [-0.4, -0.2) is 74.6 Å². The van der Waals surface area contributed by atoms with Crippen LogP contribution in [0, 0.1) is 5.41 Å². The second-order valence-corrected chi connectivity index (χ2v) is 8.75. The van der Waals surface area contributed by atoms with Crippen molar-refractivity contribution in [2.45, 2.75) is 32.1 Å². The van der Waals surface area contributed by atoms with Crippen LogP contribution >= 0.6 is 0 Å². The number of hydrogen-bond acceptors (Lipinski definition) is 4. The number of likely N-dealkylation sites (tertiary alicyclic amines) is 1. The molecule has 30 heavy (non-hydrogen) atoms. The number of benzene rings is 1. The first-order valence-corrected chi connectivity index (χ1v) is 11.2. The topological polar surface area (TPSA) is 53.1 Å². The number of amides is 2. The maximum Gasteiger partial charge on any atom is 0.241 e. The zero-order valence-corrected chi connectivity index (χ0v) is 18.0. The van der Waals surface area contributed by atoms with E-state index in [2.05, 4.69) is 29.2 Å². The van der Waals surface area contributed by atoms with Crippen LogP contribution < -0.4 is 4.90 Å². The molecule has 6 heteroatoms. The van der Waals surface area contributed by atoms with Crippen molar-refractivity contribution in [3.8, 4) is 0 Å². The Morgan fingerprint density at radius 2 is 1.93 bits per heavy atom. The maximum absolute atomic E-state index is 13.3. The Morgan fingerprint density at radius 3 is 2.73 bits per heavy atom. The smallest absolute Gasteiger partial charge is 0.241 e. The molecular weight excluding hydrogens is 378 g/mol. The predicted molar refractivity (Wildman–Crippen MR) is 117 cm³/mol. The van der Waals surface area contributed by atoms with E-state index in [1.165, 1.54) is 5.56 Å². The summed E-state index contributed by atoms with van der Waals surface area (Å²) < 4.78 is 5.18. The number of hydrogen-bond donors (Lipinski definition) is 0. The van der Waals surface area contributed by atoms with Gasteiger partial charge in [0, 0.05) is 32.4 Å². The van der Waals surface area contributed by atoms with Gasteiger partial charge in [-0.1, -0.05) is 30.4 Å². The van der Waals surface area contributed by atoms with E-state index in [1.807, 2.05) is 21.9 Å². The summed E-state index contributed by atoms with van der Waals surface area (Å²) in [5.74, 6) is 0.424. The van der Waals surface area contributed by atoms with Crippen molar-refractivity contribution in [3.63, 3.8) is 0 Å². The minimum absolute atomic E-state index is 0.173. The molecule has 3 heterocycles. The van der Waals surface area contributed by atoms with Gasteiger partial charge >= 0.3 is 0 Å². The summed E-state index contributed by atoms with van der Waals surface area (Å²) in [6.45, 7) is 4.68. The molecule has 4 rings (SSSR count). The van der Waals surface area contributed by atoms with Gasteiger partial charge in [-0.2, -0.15) is 0 Å². The third kappa shape index (κ3) is 4.30. The average molecular weight is 412 g/mol. The molecule has 1 aromatic rings. The number of allylic oxidation sites excluding steroid dienone is 1. The van der Waals surface area contributed by atoms with Crippen LogP contribution in [0.4, 0.5) is 5.69 Å². The van der Waals surface area contributed by atoms with Gasteiger partial charge in [-0.3, -0.25) is 14.5 Å². The number of carbonyl (C=O) groups is 2. The van der Waals surface area contributed by atoms with Crippen molar-refractivity contribution in [2.24, 2.45) is 5.41 Å². The van der Waals surface area contributed by atoms with Gasteiger partial charge in [0.2, 0.25) is 11.8 Å². The van der Waals surface area contributed by atoms with Gasteiger partial charge in [0.15, 0.2) is 0 Å². The number of nitrogens with zero attached hydrogens (tertiary/aromatic N) is 3. The fraction of sp³-hybridized carbons (Fsp3) is 0.583. The number of fused-ring (bicyclic) bond motifs is 1. The molecule has 0 N–H and O–H groups in total. The van der Waals surface area contributed by atoms with Crippen LogP contribution in [0.5, 0.6) is 0 Å². The summed E-state index contributed by atoms with van der Waals surface area (Å²) >= 11 is 0. The van der Waals surface area contributed by atoms with Crippen molar-refractivity contribution in [3.05, 3.63) is 42.0 Å². The van der Waals surface area contributed by atoms with Gasteiger partial charge < -0.3 is 14.5 Å². The summed E-state index contributed by atoms with van der Waals surface area (Å²) in [7, 11) is 1.67. The van der Waals surface area contributed by atoms with Crippen molar-refractivity contribution in [2.75, 3.05) is 57.9 Å². The lowest BCUT2D eigenvalue weighted by Gasteiger charge is -2.42. The largest absolute Gasteiger partial charge is 0.383 e. The molecule has 0 radical (unpaired) electrons. The molecule has 2 amide bonds. The van der Waals surface area contributed by atoms with E-state index in [9.17, 15) is 9.59 Å². The number of carbonyl (C=O) groups excluding carboxylic acids is 2. The van der Waals surface area contributed by atoms with E-state index in [4.69, 9.17) is 4.74 Å². The Hall–Kier alpha value is -2.18. The highest BCUT2D eigenvalue weighted by Gasteiger charge is 2.43. The van der Waals surface area contributed by atoms with Crippen LogP contribution in [0.25, 0.3) is 0 Å². The van der Waals surface area contributed by atoms with E-state index in [1.54, 1.807) is 7.11 Å². The molecular formula is C24H33N3O3. The standard InChI is InChI=1S/C24H33N3O3/c1-30-18-17-26-13-5-4-10-24(23(26)29)11-15-25(16-12-24)19-22(28)27-14-6-8-20-7-2-3-9-21(20)27/h2-5,7,9H,6,8,10-19H2,1H3. The normalized spacial score (nSPS) is 21.6. The summed E-state index contributed by atoms with van der Waals surface area (Å²) in [5, 5.41) is 0. The number of piperidine rings is 1. The molecule has 1 aromatic carbocycles. The Balaban J connectivity index is 1.37. The van der Waals surface area contributed by atoms with Crippen LogP contribution in [0.1, 0.15) is 31.2 Å². The third-order valence-corrected chi connectivity index (χ3v) is 6.89. The first-order chi connectivity index (χ1) is 14.6. The van der Waals surface area contributed by atoms with Crippen LogP contribution in [0.3, 0.4) is 0 Å². The molecule has 1 saturated heterocycles. The summed E-state index contributed by atoms with van der Waals surface area (Å²) in [6.07, 6.45) is 8.75. The molecule has 0 aliphatic carbocycles. The minimum atomic E-state index is -0.321. The number of anilines is 1. The maximum atomic E-state index is 13.3. The Labute approximate surface area is 179 Å². The van der Waals surface area contributed by atoms with Crippen LogP contribution in [0.2, 0.25) is 0 Å². The molecule has 1 fully saturated rings. The fourth-order valence-electron chi connectivity index (χ4n) is 5.04. The van der Waals surface area contributed by atoms with Crippen molar-refractivity contribution >= 4 is 17.5 Å². The lowest BCUT2D eigenvalue weighted by Crippen LogP contribution is -2.52. The molecule has 0 saturated carbocycles. The third-order valence-electron chi connectivity index (χ3n) is 6.89. The highest BCUT2D eigenvalue weighted by molar-refractivity contribution is 5.96. The van der Waals surface area contributed by atoms with Crippen molar-refractivity contribution in [1.82, 2.24) is 9.80 Å². The number of ether oxygens (including phenoxy) is 1. The van der Waals surface area contributed by atoms with Gasteiger partial charge in [0.25, 0.3) is 0 Å². The van der Waals surface area contributed by atoms with E-state index >= 15 is 0 Å².